The lowest BCUT2D eigenvalue weighted by Crippen LogP contribution is -3.16. The number of urea groups is 1. The van der Waals surface area contributed by atoms with Crippen LogP contribution in [0.5, 0.6) is 11.5 Å². The van der Waals surface area contributed by atoms with Gasteiger partial charge in [0.15, 0.2) is 11.5 Å². The molecule has 0 radical (unpaired) electrons. The monoisotopic (exact) mass is 306 g/mol. The molecular formula is C16H24N3O3+. The summed E-state index contributed by atoms with van der Waals surface area (Å²) in [5.41, 5.74) is 0.715. The normalized spacial score (nSPS) is 23.4. The average molecular weight is 306 g/mol. The third kappa shape index (κ3) is 3.44. The van der Waals surface area contributed by atoms with Crippen molar-refractivity contribution < 1.29 is 19.2 Å². The Labute approximate surface area is 130 Å². The summed E-state index contributed by atoms with van der Waals surface area (Å²) < 4.78 is 10.6. The molecule has 1 fully saturated rings. The van der Waals surface area contributed by atoms with Gasteiger partial charge in [0.25, 0.3) is 0 Å². The van der Waals surface area contributed by atoms with Gasteiger partial charge in [0, 0.05) is 30.6 Å². The molecule has 0 aromatic heterocycles. The summed E-state index contributed by atoms with van der Waals surface area (Å²) in [5.74, 6) is 1.39. The highest BCUT2D eigenvalue weighted by Gasteiger charge is 2.25. The number of amides is 2. The van der Waals surface area contributed by atoms with E-state index in [9.17, 15) is 4.79 Å². The number of nitrogens with one attached hydrogen (secondary N) is 3. The van der Waals surface area contributed by atoms with E-state index in [0.29, 0.717) is 17.5 Å². The average Bonchev–Trinajstić information content (AvgIpc) is 2.95. The maximum Gasteiger partial charge on any atom is 0.319 e. The Kier molecular flexibility index (Phi) is 4.38. The maximum atomic E-state index is 12.1. The summed E-state index contributed by atoms with van der Waals surface area (Å²) in [6.07, 6.45) is 2.06. The van der Waals surface area contributed by atoms with E-state index in [1.54, 1.807) is 11.0 Å². The predicted octanol–water partition coefficient (Wildman–Crippen LogP) is 0.992. The van der Waals surface area contributed by atoms with Crippen LogP contribution in [-0.4, -0.2) is 38.0 Å². The maximum absolute atomic E-state index is 12.1. The number of carbonyl (C=O) groups excluding carboxylic acids is 1. The zero-order chi connectivity index (χ0) is 15.5. The van der Waals surface area contributed by atoms with Crippen LogP contribution in [0, 0.1) is 0 Å². The Hall–Kier alpha value is -1.95. The molecule has 0 bridgehead atoms. The molecule has 0 aliphatic carbocycles. The second-order valence-corrected chi connectivity index (χ2v) is 6.25. The molecule has 2 amide bonds. The van der Waals surface area contributed by atoms with Crippen LogP contribution in [0.15, 0.2) is 18.2 Å². The molecule has 3 rings (SSSR count). The van der Waals surface area contributed by atoms with Crippen LogP contribution in [0.1, 0.15) is 26.7 Å². The van der Waals surface area contributed by atoms with E-state index in [2.05, 4.69) is 24.5 Å². The molecule has 0 unspecified atom stereocenters. The lowest BCUT2D eigenvalue weighted by molar-refractivity contribution is -0.926. The smallest absolute Gasteiger partial charge is 0.319 e. The third-order valence-electron chi connectivity index (χ3n) is 4.41. The van der Waals surface area contributed by atoms with Crippen LogP contribution < -0.4 is 25.0 Å². The standard InChI is InChI=1S/C16H23N3O3/c1-11(2)19-7-5-12(6-8-19)17-16(20)18-13-3-4-14-15(9-13)22-10-21-14/h3-4,9,11-12H,5-8,10H2,1-2H3,(H2,17,18,20)/p+1. The van der Waals surface area contributed by atoms with Gasteiger partial charge in [0.05, 0.1) is 19.1 Å². The predicted molar refractivity (Wildman–Crippen MR) is 83.6 cm³/mol. The van der Waals surface area contributed by atoms with Gasteiger partial charge >= 0.3 is 6.03 Å². The summed E-state index contributed by atoms with van der Waals surface area (Å²) in [5, 5.41) is 5.92. The first kappa shape index (κ1) is 15.0. The van der Waals surface area contributed by atoms with Crippen molar-refractivity contribution in [1.29, 1.82) is 0 Å². The number of piperidine rings is 1. The lowest BCUT2D eigenvalue weighted by atomic mass is 10.0. The van der Waals surface area contributed by atoms with Crippen molar-refractivity contribution in [3.8, 4) is 11.5 Å². The molecular weight excluding hydrogens is 282 g/mol. The molecule has 22 heavy (non-hydrogen) atoms. The number of carbonyl (C=O) groups is 1. The van der Waals surface area contributed by atoms with Crippen LogP contribution in [0.4, 0.5) is 10.5 Å². The summed E-state index contributed by atoms with van der Waals surface area (Å²) in [4.78, 5) is 13.7. The van der Waals surface area contributed by atoms with E-state index in [0.717, 1.165) is 31.7 Å². The van der Waals surface area contributed by atoms with E-state index < -0.39 is 0 Å². The van der Waals surface area contributed by atoms with Crippen molar-refractivity contribution in [2.24, 2.45) is 0 Å². The quantitative estimate of drug-likeness (QED) is 0.780. The Morgan fingerprint density at radius 1 is 1.23 bits per heavy atom. The summed E-state index contributed by atoms with van der Waals surface area (Å²) in [6, 6.07) is 6.17. The first-order valence-corrected chi connectivity index (χ1v) is 7.93. The first-order chi connectivity index (χ1) is 10.6. The fourth-order valence-electron chi connectivity index (χ4n) is 3.04. The highest BCUT2D eigenvalue weighted by Crippen LogP contribution is 2.34. The second-order valence-electron chi connectivity index (χ2n) is 6.25. The highest BCUT2D eigenvalue weighted by molar-refractivity contribution is 5.89. The topological polar surface area (TPSA) is 64.0 Å². The molecule has 0 spiro atoms. The number of likely N-dealkylation sites (tertiary alicyclic amines) is 1. The zero-order valence-corrected chi connectivity index (χ0v) is 13.1. The van der Waals surface area contributed by atoms with E-state index in [1.807, 2.05) is 12.1 Å². The summed E-state index contributed by atoms with van der Waals surface area (Å²) in [6.45, 7) is 6.96. The van der Waals surface area contributed by atoms with Gasteiger partial charge < -0.3 is 25.0 Å². The number of anilines is 1. The Balaban J connectivity index is 1.49. The Bertz CT molecular complexity index is 539. The van der Waals surface area contributed by atoms with Gasteiger partial charge in [-0.1, -0.05) is 0 Å². The minimum absolute atomic E-state index is 0.156. The molecule has 2 aliphatic heterocycles. The minimum atomic E-state index is -0.156. The van der Waals surface area contributed by atoms with Crippen LogP contribution >= 0.6 is 0 Å². The van der Waals surface area contributed by atoms with Crippen LogP contribution in [0.2, 0.25) is 0 Å². The van der Waals surface area contributed by atoms with Crippen LogP contribution in [0.3, 0.4) is 0 Å². The molecule has 2 heterocycles. The van der Waals surface area contributed by atoms with Gasteiger partial charge in [-0.3, -0.25) is 0 Å². The Morgan fingerprint density at radius 3 is 2.68 bits per heavy atom. The molecule has 0 saturated carbocycles. The zero-order valence-electron chi connectivity index (χ0n) is 13.1. The van der Waals surface area contributed by atoms with Gasteiger partial charge in [-0.25, -0.2) is 4.79 Å². The fraction of sp³-hybridized carbons (Fsp3) is 0.562. The molecule has 6 heteroatoms. The van der Waals surface area contributed by atoms with Crippen LogP contribution in [0.25, 0.3) is 0 Å². The van der Waals surface area contributed by atoms with Crippen molar-refractivity contribution in [1.82, 2.24) is 5.32 Å². The number of fused-ring (bicyclic) bond motifs is 1. The Morgan fingerprint density at radius 2 is 1.95 bits per heavy atom. The van der Waals surface area contributed by atoms with Gasteiger partial charge in [-0.15, -0.1) is 0 Å². The first-order valence-electron chi connectivity index (χ1n) is 7.93. The van der Waals surface area contributed by atoms with Gasteiger partial charge in [-0.2, -0.15) is 0 Å². The molecule has 1 aromatic carbocycles. The molecule has 6 nitrogen and oxygen atoms in total. The third-order valence-corrected chi connectivity index (χ3v) is 4.41. The van der Waals surface area contributed by atoms with Crippen molar-refractivity contribution in [3.63, 3.8) is 0 Å². The number of ether oxygens (including phenoxy) is 2. The molecule has 0 atom stereocenters. The van der Waals surface area contributed by atoms with Gasteiger partial charge in [0.1, 0.15) is 0 Å². The fourth-order valence-corrected chi connectivity index (χ4v) is 3.04. The second kappa shape index (κ2) is 6.44. The molecule has 1 aromatic rings. The van der Waals surface area contributed by atoms with Crippen LogP contribution in [-0.2, 0) is 0 Å². The van der Waals surface area contributed by atoms with E-state index in [-0.39, 0.29) is 18.9 Å². The van der Waals surface area contributed by atoms with E-state index in [4.69, 9.17) is 9.47 Å². The highest BCUT2D eigenvalue weighted by atomic mass is 16.7. The summed E-state index contributed by atoms with van der Waals surface area (Å²) in [7, 11) is 0. The van der Waals surface area contributed by atoms with E-state index in [1.165, 1.54) is 0 Å². The largest absolute Gasteiger partial charge is 0.454 e. The molecule has 3 N–H and O–H groups in total. The van der Waals surface area contributed by atoms with Gasteiger partial charge in [0.2, 0.25) is 6.79 Å². The number of hydrogen-bond acceptors (Lipinski definition) is 3. The number of hydrogen-bond donors (Lipinski definition) is 3. The lowest BCUT2D eigenvalue weighted by Gasteiger charge is -2.32. The van der Waals surface area contributed by atoms with Gasteiger partial charge in [-0.05, 0) is 26.0 Å². The SMILES string of the molecule is CC(C)[NH+]1CCC(NC(=O)Nc2ccc3c(c2)OCO3)CC1. The van der Waals surface area contributed by atoms with Crippen molar-refractivity contribution >= 4 is 11.7 Å². The molecule has 1 saturated heterocycles. The molecule has 120 valence electrons. The van der Waals surface area contributed by atoms with Crippen molar-refractivity contribution in [2.75, 3.05) is 25.2 Å². The number of benzene rings is 1. The van der Waals surface area contributed by atoms with Crippen molar-refractivity contribution in [2.45, 2.75) is 38.8 Å². The van der Waals surface area contributed by atoms with Crippen molar-refractivity contribution in [3.05, 3.63) is 18.2 Å². The van der Waals surface area contributed by atoms with E-state index >= 15 is 0 Å². The molecule has 2 aliphatic rings. The summed E-state index contributed by atoms with van der Waals surface area (Å²) >= 11 is 0. The minimum Gasteiger partial charge on any atom is -0.454 e. The number of quaternary nitrogens is 1. The number of rotatable bonds is 3.